The number of aliphatic carboxylic acids is 1. The fraction of sp³-hybridized carbons (Fsp3) is 0.900. The number of aliphatic hydroxyl groups excluding tert-OH is 7. The molecule has 0 spiro atoms. The van der Waals surface area contributed by atoms with Crippen molar-refractivity contribution in [3.05, 3.63) is 0 Å². The lowest BCUT2D eigenvalue weighted by atomic mass is 9.96. The molecule has 2 fully saturated rings. The Morgan fingerprint density at radius 3 is 1.61 bits per heavy atom. The number of carbonyl (C=O) groups excluding carboxylic acids is 3. The summed E-state index contributed by atoms with van der Waals surface area (Å²) in [5.74, 6) is -3.38. The van der Waals surface area contributed by atoms with E-state index in [-0.39, 0.29) is 13.0 Å². The van der Waals surface area contributed by atoms with Crippen molar-refractivity contribution in [3.8, 4) is 0 Å². The van der Waals surface area contributed by atoms with Gasteiger partial charge in [0, 0.05) is 13.8 Å². The third-order valence-corrected chi connectivity index (χ3v) is 10.2. The maximum absolute atomic E-state index is 12.8. The fourth-order valence-electron chi connectivity index (χ4n) is 6.91. The zero-order valence-corrected chi connectivity index (χ0v) is 34.7. The van der Waals surface area contributed by atoms with E-state index in [1.165, 1.54) is 0 Å². The lowest BCUT2D eigenvalue weighted by Crippen LogP contribution is -2.65. The molecule has 0 radical (unpaired) electrons. The average Bonchev–Trinajstić information content (AvgIpc) is 3.16. The Balaban J connectivity index is 1.94. The Bertz CT molecular complexity index is 1210. The minimum Gasteiger partial charge on any atom is -0.481 e. The van der Waals surface area contributed by atoms with Crippen LogP contribution in [0.5, 0.6) is 0 Å². The molecule has 8 N–H and O–H groups in total. The molecule has 0 aliphatic carbocycles. The van der Waals surface area contributed by atoms with Crippen LogP contribution in [0.25, 0.3) is 0 Å². The number of carboxylic acid groups (broad SMARTS) is 1. The highest BCUT2D eigenvalue weighted by Gasteiger charge is 2.53. The number of carbonyl (C=O) groups is 4. The molecule has 2 rings (SSSR count). The molecular weight excluding hydrogens is 784 g/mol. The minimum absolute atomic E-state index is 0.230. The second kappa shape index (κ2) is 28.9. The molecule has 344 valence electrons. The molecule has 0 aromatic heterocycles. The second-order valence-corrected chi connectivity index (χ2v) is 15.6. The Labute approximate surface area is 346 Å². The SMILES string of the molecule is CCCCC[C@H](O)CC(=O)O[C@@H]1[C@@H](O)[C@H](O[C@H]2[C@H](O)[C@@H](O)[C@H](OC[C@H](O)CCCCCCCCCCC[C@H](O)CC(=O)O)O[C@@H]2COC(C)=O)O[C@H](COC(C)=O)[C@H]1O. The van der Waals surface area contributed by atoms with Crippen molar-refractivity contribution in [2.45, 2.75) is 210 Å². The number of rotatable bonds is 30. The predicted molar refractivity (Wildman–Crippen MR) is 205 cm³/mol. The molecule has 0 aromatic rings. The average molecular weight is 855 g/mol. The molecule has 0 aromatic carbocycles. The van der Waals surface area contributed by atoms with Gasteiger partial charge in [-0.25, -0.2) is 0 Å². The first-order valence-electron chi connectivity index (χ1n) is 21.1. The van der Waals surface area contributed by atoms with Crippen molar-refractivity contribution < 1.29 is 93.2 Å². The fourth-order valence-corrected chi connectivity index (χ4v) is 6.91. The van der Waals surface area contributed by atoms with Gasteiger partial charge in [-0.15, -0.1) is 0 Å². The smallest absolute Gasteiger partial charge is 0.308 e. The van der Waals surface area contributed by atoms with Crippen LogP contribution in [0, 0.1) is 0 Å². The van der Waals surface area contributed by atoms with E-state index in [1.54, 1.807) is 0 Å². The van der Waals surface area contributed by atoms with Crippen LogP contribution in [0.15, 0.2) is 0 Å². The lowest BCUT2D eigenvalue weighted by molar-refractivity contribution is -0.360. The van der Waals surface area contributed by atoms with E-state index in [0.29, 0.717) is 32.1 Å². The van der Waals surface area contributed by atoms with Gasteiger partial charge in [-0.3, -0.25) is 19.2 Å². The third-order valence-electron chi connectivity index (χ3n) is 10.2. The minimum atomic E-state index is -1.91. The monoisotopic (exact) mass is 854 g/mol. The van der Waals surface area contributed by atoms with Crippen LogP contribution in [0.2, 0.25) is 0 Å². The number of aliphatic hydroxyl groups is 7. The van der Waals surface area contributed by atoms with Crippen LogP contribution in [-0.2, 0) is 52.3 Å². The topological polar surface area (TPSA) is 295 Å². The quantitative estimate of drug-likeness (QED) is 0.0285. The largest absolute Gasteiger partial charge is 0.481 e. The maximum atomic E-state index is 12.8. The third kappa shape index (κ3) is 20.7. The van der Waals surface area contributed by atoms with Crippen molar-refractivity contribution >= 4 is 23.9 Å². The molecule has 19 heteroatoms. The molecule has 0 unspecified atom stereocenters. The van der Waals surface area contributed by atoms with E-state index in [4.69, 9.17) is 38.3 Å². The number of carboxylic acids is 1. The Hall–Kier alpha value is -2.56. The van der Waals surface area contributed by atoms with Crippen molar-refractivity contribution in [2.75, 3.05) is 19.8 Å². The van der Waals surface area contributed by atoms with Crippen molar-refractivity contribution in [1.29, 1.82) is 0 Å². The molecular formula is C40H70O19. The zero-order valence-electron chi connectivity index (χ0n) is 34.7. The molecule has 59 heavy (non-hydrogen) atoms. The van der Waals surface area contributed by atoms with Gasteiger partial charge in [-0.2, -0.15) is 0 Å². The van der Waals surface area contributed by atoms with Gasteiger partial charge >= 0.3 is 23.9 Å². The highest BCUT2D eigenvalue weighted by Crippen LogP contribution is 2.31. The Kier molecular flexibility index (Phi) is 25.7. The number of hydrogen-bond acceptors (Lipinski definition) is 18. The molecule has 0 saturated carbocycles. The summed E-state index contributed by atoms with van der Waals surface area (Å²) < 4.78 is 38.6. The summed E-state index contributed by atoms with van der Waals surface area (Å²) in [6, 6.07) is 0. The van der Waals surface area contributed by atoms with Crippen LogP contribution < -0.4 is 0 Å². The van der Waals surface area contributed by atoms with E-state index in [0.717, 1.165) is 78.1 Å². The van der Waals surface area contributed by atoms with Gasteiger partial charge in [0.05, 0.1) is 37.8 Å². The van der Waals surface area contributed by atoms with E-state index < -0.39 is 123 Å². The number of esters is 3. The first-order chi connectivity index (χ1) is 28.0. The molecule has 0 bridgehead atoms. The molecule has 2 aliphatic rings. The van der Waals surface area contributed by atoms with Gasteiger partial charge < -0.3 is 74.0 Å². The van der Waals surface area contributed by atoms with Gasteiger partial charge in [0.15, 0.2) is 18.7 Å². The van der Waals surface area contributed by atoms with E-state index in [2.05, 4.69) is 0 Å². The highest BCUT2D eigenvalue weighted by molar-refractivity contribution is 5.70. The molecule has 0 amide bonds. The molecule has 19 nitrogen and oxygen atoms in total. The van der Waals surface area contributed by atoms with E-state index in [9.17, 15) is 54.9 Å². The first-order valence-corrected chi connectivity index (χ1v) is 21.1. The molecule has 13 atom stereocenters. The van der Waals surface area contributed by atoms with Gasteiger partial charge in [0.2, 0.25) is 0 Å². The van der Waals surface area contributed by atoms with Gasteiger partial charge in [-0.05, 0) is 19.3 Å². The lowest BCUT2D eigenvalue weighted by Gasteiger charge is -2.46. The highest BCUT2D eigenvalue weighted by atomic mass is 16.7. The van der Waals surface area contributed by atoms with Crippen LogP contribution in [0.4, 0.5) is 0 Å². The van der Waals surface area contributed by atoms with E-state index >= 15 is 0 Å². The van der Waals surface area contributed by atoms with Gasteiger partial charge in [0.1, 0.15) is 55.9 Å². The zero-order chi connectivity index (χ0) is 43.9. The molecule has 2 heterocycles. The summed E-state index contributed by atoms with van der Waals surface area (Å²) in [6.07, 6.45) is -7.97. The van der Waals surface area contributed by atoms with Crippen molar-refractivity contribution in [2.24, 2.45) is 0 Å². The summed E-state index contributed by atoms with van der Waals surface area (Å²) in [7, 11) is 0. The van der Waals surface area contributed by atoms with E-state index in [1.807, 2.05) is 6.92 Å². The van der Waals surface area contributed by atoms with Crippen LogP contribution in [0.1, 0.15) is 130 Å². The summed E-state index contributed by atoms with van der Waals surface area (Å²) in [4.78, 5) is 46.7. The van der Waals surface area contributed by atoms with Crippen molar-refractivity contribution in [1.82, 2.24) is 0 Å². The summed E-state index contributed by atoms with van der Waals surface area (Å²) >= 11 is 0. The first kappa shape index (κ1) is 52.6. The van der Waals surface area contributed by atoms with Crippen LogP contribution in [0.3, 0.4) is 0 Å². The maximum Gasteiger partial charge on any atom is 0.308 e. The van der Waals surface area contributed by atoms with Gasteiger partial charge in [-0.1, -0.05) is 84.0 Å². The number of hydrogen-bond donors (Lipinski definition) is 8. The summed E-state index contributed by atoms with van der Waals surface area (Å²) in [6.45, 7) is 2.90. The molecule has 2 aliphatic heterocycles. The van der Waals surface area contributed by atoms with Crippen molar-refractivity contribution in [3.63, 3.8) is 0 Å². The number of unbranched alkanes of at least 4 members (excludes halogenated alkanes) is 10. The predicted octanol–water partition coefficient (Wildman–Crippen LogP) is 1.14. The standard InChI is InChI=1S/C40H70O19/c1-4-5-13-16-27(44)20-32(48)58-38-33(49)29(22-53-24(2)41)56-40(36(38)52)59-37-30(23-54-25(3)42)57-39(35(51)34(37)50)55-21-28(45)18-15-12-10-8-6-7-9-11-14-17-26(43)19-31(46)47/h26-30,33-40,43-45,49-52H,4-23H2,1-3H3,(H,46,47)/t26-,27-,28+,29+,30+,33+,34+,35+,36+,37+,38-,39+,40-/m0/s1. The second-order valence-electron chi connectivity index (χ2n) is 15.6. The Morgan fingerprint density at radius 2 is 1.07 bits per heavy atom. The summed E-state index contributed by atoms with van der Waals surface area (Å²) in [5, 5.41) is 83.7. The normalized spacial score (nSPS) is 28.6. The van der Waals surface area contributed by atoms with Crippen LogP contribution in [-0.4, -0.2) is 164 Å². The summed E-state index contributed by atoms with van der Waals surface area (Å²) in [5.41, 5.74) is 0. The molecule has 2 saturated heterocycles. The number of ether oxygens (including phenoxy) is 7. The Morgan fingerprint density at radius 1 is 0.576 bits per heavy atom. The van der Waals surface area contributed by atoms with Gasteiger partial charge in [0.25, 0.3) is 0 Å². The van der Waals surface area contributed by atoms with Crippen LogP contribution >= 0.6 is 0 Å².